The lowest BCUT2D eigenvalue weighted by molar-refractivity contribution is 0.576. The van der Waals surface area contributed by atoms with Crippen LogP contribution >= 0.6 is 23.2 Å². The van der Waals surface area contributed by atoms with Crippen molar-refractivity contribution in [2.75, 3.05) is 6.54 Å². The van der Waals surface area contributed by atoms with Crippen LogP contribution in [0, 0.1) is 5.92 Å². The number of alkyl halides is 1. The van der Waals surface area contributed by atoms with E-state index >= 15 is 0 Å². The van der Waals surface area contributed by atoms with E-state index in [1.807, 2.05) is 0 Å². The standard InChI is InChI=1S/C11H13Cl2NO2S/c12-9-3-1-2-4-11(9)17(15,16)14-7-10(13)8-5-6-8/h1-4,8,10,14H,5-7H2. The van der Waals surface area contributed by atoms with Crippen LogP contribution in [-0.4, -0.2) is 20.3 Å². The number of hydrogen-bond donors (Lipinski definition) is 1. The van der Waals surface area contributed by atoms with Gasteiger partial charge < -0.3 is 0 Å². The molecule has 1 atom stereocenters. The molecule has 1 fully saturated rings. The molecule has 1 aromatic rings. The lowest BCUT2D eigenvalue weighted by Gasteiger charge is -2.11. The molecule has 0 saturated heterocycles. The molecule has 1 unspecified atom stereocenters. The Labute approximate surface area is 111 Å². The van der Waals surface area contributed by atoms with Gasteiger partial charge in [-0.3, -0.25) is 0 Å². The minimum atomic E-state index is -3.56. The van der Waals surface area contributed by atoms with Gasteiger partial charge >= 0.3 is 0 Å². The zero-order valence-corrected chi connectivity index (χ0v) is 11.4. The molecule has 0 amide bonds. The van der Waals surface area contributed by atoms with Crippen molar-refractivity contribution >= 4 is 33.2 Å². The van der Waals surface area contributed by atoms with E-state index in [4.69, 9.17) is 23.2 Å². The number of halogens is 2. The van der Waals surface area contributed by atoms with E-state index in [-0.39, 0.29) is 21.8 Å². The first-order valence-electron chi connectivity index (χ1n) is 5.39. The van der Waals surface area contributed by atoms with Crippen LogP contribution in [0.2, 0.25) is 5.02 Å². The smallest absolute Gasteiger partial charge is 0.210 e. The molecule has 1 N–H and O–H groups in total. The highest BCUT2D eigenvalue weighted by Crippen LogP contribution is 2.35. The van der Waals surface area contributed by atoms with Crippen molar-refractivity contribution in [3.63, 3.8) is 0 Å². The number of nitrogens with one attached hydrogen (secondary N) is 1. The molecule has 17 heavy (non-hydrogen) atoms. The monoisotopic (exact) mass is 293 g/mol. The van der Waals surface area contributed by atoms with E-state index in [1.54, 1.807) is 18.2 Å². The van der Waals surface area contributed by atoms with Crippen molar-refractivity contribution in [1.82, 2.24) is 4.72 Å². The van der Waals surface area contributed by atoms with Crippen LogP contribution in [0.3, 0.4) is 0 Å². The van der Waals surface area contributed by atoms with Crippen LogP contribution in [0.5, 0.6) is 0 Å². The third kappa shape index (κ3) is 3.35. The van der Waals surface area contributed by atoms with Gasteiger partial charge in [0.05, 0.1) is 5.02 Å². The Morgan fingerprint density at radius 2 is 2.00 bits per heavy atom. The molecule has 1 saturated carbocycles. The molecular formula is C11H13Cl2NO2S. The Bertz CT molecular complexity index is 500. The van der Waals surface area contributed by atoms with E-state index in [1.165, 1.54) is 6.07 Å². The molecule has 0 bridgehead atoms. The second-order valence-electron chi connectivity index (χ2n) is 4.14. The molecule has 0 aliphatic heterocycles. The fourth-order valence-corrected chi connectivity index (χ4v) is 3.55. The highest BCUT2D eigenvalue weighted by molar-refractivity contribution is 7.89. The van der Waals surface area contributed by atoms with Crippen LogP contribution in [0.4, 0.5) is 0 Å². The van der Waals surface area contributed by atoms with Crippen LogP contribution < -0.4 is 4.72 Å². The van der Waals surface area contributed by atoms with Crippen molar-refractivity contribution in [2.45, 2.75) is 23.1 Å². The quantitative estimate of drug-likeness (QED) is 0.849. The number of benzene rings is 1. The molecule has 6 heteroatoms. The number of rotatable bonds is 5. The topological polar surface area (TPSA) is 46.2 Å². The normalized spacial score (nSPS) is 18.0. The summed E-state index contributed by atoms with van der Waals surface area (Å²) in [6.07, 6.45) is 2.17. The lowest BCUT2D eigenvalue weighted by Crippen LogP contribution is -2.30. The summed E-state index contributed by atoms with van der Waals surface area (Å²) in [7, 11) is -3.56. The average Bonchev–Trinajstić information content (AvgIpc) is 3.10. The Morgan fingerprint density at radius 1 is 1.35 bits per heavy atom. The van der Waals surface area contributed by atoms with Gasteiger partial charge in [0.25, 0.3) is 0 Å². The van der Waals surface area contributed by atoms with Gasteiger partial charge in [0, 0.05) is 11.9 Å². The molecule has 0 radical (unpaired) electrons. The van der Waals surface area contributed by atoms with Gasteiger partial charge in [-0.05, 0) is 30.9 Å². The molecule has 0 heterocycles. The minimum absolute atomic E-state index is 0.0985. The first kappa shape index (κ1) is 13.1. The predicted octanol–water partition coefficient (Wildman–Crippen LogP) is 2.64. The van der Waals surface area contributed by atoms with Crippen molar-refractivity contribution in [3.05, 3.63) is 29.3 Å². The maximum absolute atomic E-state index is 11.9. The fourth-order valence-electron chi connectivity index (χ4n) is 1.55. The van der Waals surface area contributed by atoms with Gasteiger partial charge in [-0.2, -0.15) is 0 Å². The molecule has 94 valence electrons. The second-order valence-corrected chi connectivity index (χ2v) is 6.84. The Kier molecular flexibility index (Phi) is 3.98. The van der Waals surface area contributed by atoms with Crippen molar-refractivity contribution in [2.24, 2.45) is 5.92 Å². The minimum Gasteiger partial charge on any atom is -0.210 e. The van der Waals surface area contributed by atoms with Gasteiger partial charge in [-0.1, -0.05) is 23.7 Å². The lowest BCUT2D eigenvalue weighted by atomic mass is 10.3. The van der Waals surface area contributed by atoms with Gasteiger partial charge in [-0.25, -0.2) is 13.1 Å². The van der Waals surface area contributed by atoms with Crippen LogP contribution in [0.25, 0.3) is 0 Å². The summed E-state index contributed by atoms with van der Waals surface area (Å²) < 4.78 is 26.4. The summed E-state index contributed by atoms with van der Waals surface area (Å²) >= 11 is 11.9. The molecule has 0 spiro atoms. The van der Waals surface area contributed by atoms with Gasteiger partial charge in [0.1, 0.15) is 4.90 Å². The SMILES string of the molecule is O=S(=O)(NCC(Cl)C1CC1)c1ccccc1Cl. The van der Waals surface area contributed by atoms with Gasteiger partial charge in [-0.15, -0.1) is 11.6 Å². The summed E-state index contributed by atoms with van der Waals surface area (Å²) in [5.41, 5.74) is 0. The van der Waals surface area contributed by atoms with E-state index in [0.717, 1.165) is 12.8 Å². The fraction of sp³-hybridized carbons (Fsp3) is 0.455. The third-order valence-electron chi connectivity index (χ3n) is 2.73. The van der Waals surface area contributed by atoms with Gasteiger partial charge in [0.2, 0.25) is 10.0 Å². The molecule has 0 aromatic heterocycles. The maximum atomic E-state index is 11.9. The summed E-state index contributed by atoms with van der Waals surface area (Å²) in [4.78, 5) is 0.0985. The summed E-state index contributed by atoms with van der Waals surface area (Å²) in [5, 5.41) is 0.0878. The summed E-state index contributed by atoms with van der Waals surface area (Å²) in [6, 6.07) is 6.36. The third-order valence-corrected chi connectivity index (χ3v) is 5.16. The van der Waals surface area contributed by atoms with E-state index in [9.17, 15) is 8.42 Å². The molecule has 1 aliphatic rings. The second kappa shape index (κ2) is 5.14. The van der Waals surface area contributed by atoms with Gasteiger partial charge in [0.15, 0.2) is 0 Å². The van der Waals surface area contributed by atoms with E-state index in [2.05, 4.69) is 4.72 Å². The number of sulfonamides is 1. The Morgan fingerprint density at radius 3 is 2.59 bits per heavy atom. The highest BCUT2D eigenvalue weighted by atomic mass is 35.5. The Balaban J connectivity index is 2.05. The summed E-state index contributed by atoms with van der Waals surface area (Å²) in [6.45, 7) is 0.250. The molecule has 1 aromatic carbocycles. The molecular weight excluding hydrogens is 281 g/mol. The molecule has 2 rings (SSSR count). The first-order valence-corrected chi connectivity index (χ1v) is 7.69. The highest BCUT2D eigenvalue weighted by Gasteiger charge is 2.30. The van der Waals surface area contributed by atoms with Crippen molar-refractivity contribution in [1.29, 1.82) is 0 Å². The van der Waals surface area contributed by atoms with Crippen molar-refractivity contribution < 1.29 is 8.42 Å². The summed E-state index contributed by atoms with van der Waals surface area (Å²) in [5.74, 6) is 0.450. The van der Waals surface area contributed by atoms with Crippen molar-refractivity contribution in [3.8, 4) is 0 Å². The average molecular weight is 294 g/mol. The van der Waals surface area contributed by atoms with Crippen LogP contribution in [0.1, 0.15) is 12.8 Å². The number of hydrogen-bond acceptors (Lipinski definition) is 2. The zero-order valence-electron chi connectivity index (χ0n) is 9.07. The molecule has 3 nitrogen and oxygen atoms in total. The molecule has 1 aliphatic carbocycles. The predicted molar refractivity (Wildman–Crippen MR) is 69.0 cm³/mol. The van der Waals surface area contributed by atoms with E-state index < -0.39 is 10.0 Å². The first-order chi connectivity index (χ1) is 8.00. The maximum Gasteiger partial charge on any atom is 0.242 e. The largest absolute Gasteiger partial charge is 0.242 e. The van der Waals surface area contributed by atoms with Crippen LogP contribution in [-0.2, 0) is 10.0 Å². The Hall–Kier alpha value is -0.290. The zero-order chi connectivity index (χ0) is 12.5. The van der Waals surface area contributed by atoms with E-state index in [0.29, 0.717) is 5.92 Å². The van der Waals surface area contributed by atoms with Crippen LogP contribution in [0.15, 0.2) is 29.2 Å².